The Kier molecular flexibility index (Phi) is 5.80. The predicted molar refractivity (Wildman–Crippen MR) is 91.1 cm³/mol. The van der Waals surface area contributed by atoms with Gasteiger partial charge in [0.25, 0.3) is 5.91 Å². The standard InChI is InChI=1S/C17H12Cl2N2O3/c1-10(16(22)21-13-4-2-3-11(7-13)9-20)24-17(23)12-5-6-14(18)15(19)8-12/h2-8,10H,1H3,(H,21,22)/t10-/m1/s1. The summed E-state index contributed by atoms with van der Waals surface area (Å²) in [5, 5.41) is 12.0. The Labute approximate surface area is 148 Å². The zero-order valence-electron chi connectivity index (χ0n) is 12.5. The van der Waals surface area contributed by atoms with Crippen molar-refractivity contribution >= 4 is 40.8 Å². The molecule has 0 saturated heterocycles. The number of nitrogens with one attached hydrogen (secondary N) is 1. The van der Waals surface area contributed by atoms with Gasteiger partial charge < -0.3 is 10.1 Å². The molecule has 0 aliphatic heterocycles. The third kappa shape index (κ3) is 4.48. The van der Waals surface area contributed by atoms with Crippen LogP contribution >= 0.6 is 23.2 Å². The number of nitriles is 1. The van der Waals surface area contributed by atoms with Crippen LogP contribution < -0.4 is 5.32 Å². The predicted octanol–water partition coefficient (Wildman–Crippen LogP) is 4.05. The largest absolute Gasteiger partial charge is 0.449 e. The second-order valence-electron chi connectivity index (χ2n) is 4.86. The second-order valence-corrected chi connectivity index (χ2v) is 5.67. The molecule has 0 fully saturated rings. The first kappa shape index (κ1) is 17.8. The summed E-state index contributed by atoms with van der Waals surface area (Å²) in [4.78, 5) is 24.1. The minimum atomic E-state index is -1.03. The molecule has 1 amide bonds. The monoisotopic (exact) mass is 362 g/mol. The lowest BCUT2D eigenvalue weighted by atomic mass is 10.2. The smallest absolute Gasteiger partial charge is 0.338 e. The summed E-state index contributed by atoms with van der Waals surface area (Å²) in [7, 11) is 0. The number of anilines is 1. The molecular formula is C17H12Cl2N2O3. The minimum absolute atomic E-state index is 0.190. The number of hydrogen-bond acceptors (Lipinski definition) is 4. The molecule has 1 atom stereocenters. The van der Waals surface area contributed by atoms with Crippen LogP contribution in [0.5, 0.6) is 0 Å². The number of rotatable bonds is 4. The normalized spacial score (nSPS) is 11.2. The van der Waals surface area contributed by atoms with Gasteiger partial charge in [-0.2, -0.15) is 5.26 Å². The lowest BCUT2D eigenvalue weighted by Crippen LogP contribution is -2.30. The molecule has 7 heteroatoms. The number of hydrogen-bond donors (Lipinski definition) is 1. The molecule has 1 N–H and O–H groups in total. The number of ether oxygens (including phenoxy) is 1. The van der Waals surface area contributed by atoms with Crippen molar-refractivity contribution in [1.82, 2.24) is 0 Å². The molecule has 0 aliphatic rings. The van der Waals surface area contributed by atoms with E-state index in [4.69, 9.17) is 33.2 Å². The first-order chi connectivity index (χ1) is 11.4. The number of halogens is 2. The van der Waals surface area contributed by atoms with E-state index >= 15 is 0 Å². The zero-order chi connectivity index (χ0) is 17.7. The Bertz CT molecular complexity index is 831. The van der Waals surface area contributed by atoms with Crippen LogP contribution in [0, 0.1) is 11.3 Å². The van der Waals surface area contributed by atoms with Gasteiger partial charge in [-0.1, -0.05) is 29.3 Å². The minimum Gasteiger partial charge on any atom is -0.449 e. The third-order valence-corrected chi connectivity index (χ3v) is 3.81. The van der Waals surface area contributed by atoms with Crippen molar-refractivity contribution in [2.75, 3.05) is 5.32 Å². The van der Waals surface area contributed by atoms with Crippen LogP contribution in [0.4, 0.5) is 5.69 Å². The molecule has 0 spiro atoms. The zero-order valence-corrected chi connectivity index (χ0v) is 14.1. The summed E-state index contributed by atoms with van der Waals surface area (Å²) in [6, 6.07) is 12.7. The molecule has 0 aliphatic carbocycles. The van der Waals surface area contributed by atoms with E-state index in [-0.39, 0.29) is 10.6 Å². The maximum Gasteiger partial charge on any atom is 0.338 e. The Hall–Kier alpha value is -2.55. The van der Waals surface area contributed by atoms with E-state index in [1.165, 1.54) is 31.2 Å². The molecule has 2 aromatic rings. The van der Waals surface area contributed by atoms with Gasteiger partial charge in [0.1, 0.15) is 0 Å². The second kappa shape index (κ2) is 7.82. The fraction of sp³-hybridized carbons (Fsp3) is 0.118. The van der Waals surface area contributed by atoms with Gasteiger partial charge in [-0.3, -0.25) is 4.79 Å². The van der Waals surface area contributed by atoms with Gasteiger partial charge >= 0.3 is 5.97 Å². The molecule has 0 aromatic heterocycles. The Morgan fingerprint density at radius 3 is 2.58 bits per heavy atom. The van der Waals surface area contributed by atoms with Crippen LogP contribution in [0.3, 0.4) is 0 Å². The average Bonchev–Trinajstić information content (AvgIpc) is 2.57. The van der Waals surface area contributed by atoms with Crippen LogP contribution in [-0.2, 0) is 9.53 Å². The molecule has 24 heavy (non-hydrogen) atoms. The van der Waals surface area contributed by atoms with E-state index in [1.807, 2.05) is 6.07 Å². The van der Waals surface area contributed by atoms with Crippen molar-refractivity contribution in [3.05, 3.63) is 63.6 Å². The number of amides is 1. The van der Waals surface area contributed by atoms with Gasteiger partial charge in [0.05, 0.1) is 27.2 Å². The van der Waals surface area contributed by atoms with Gasteiger partial charge in [-0.05, 0) is 43.3 Å². The van der Waals surface area contributed by atoms with Crippen molar-refractivity contribution in [2.24, 2.45) is 0 Å². The molecular weight excluding hydrogens is 351 g/mol. The number of benzene rings is 2. The summed E-state index contributed by atoms with van der Waals surface area (Å²) in [6.45, 7) is 1.44. The van der Waals surface area contributed by atoms with Crippen LogP contribution in [0.2, 0.25) is 10.0 Å². The molecule has 0 saturated carbocycles. The van der Waals surface area contributed by atoms with Crippen molar-refractivity contribution in [3.63, 3.8) is 0 Å². The van der Waals surface area contributed by atoms with Gasteiger partial charge in [-0.25, -0.2) is 4.79 Å². The molecule has 0 unspecified atom stereocenters. The topological polar surface area (TPSA) is 79.2 Å². The molecule has 2 rings (SSSR count). The maximum absolute atomic E-state index is 12.1. The highest BCUT2D eigenvalue weighted by atomic mass is 35.5. The molecule has 0 radical (unpaired) electrons. The molecule has 122 valence electrons. The third-order valence-electron chi connectivity index (χ3n) is 3.07. The summed E-state index contributed by atoms with van der Waals surface area (Å²) in [6.07, 6.45) is -1.03. The highest BCUT2D eigenvalue weighted by molar-refractivity contribution is 6.42. The first-order valence-electron chi connectivity index (χ1n) is 6.88. The van der Waals surface area contributed by atoms with Crippen molar-refractivity contribution < 1.29 is 14.3 Å². The van der Waals surface area contributed by atoms with E-state index in [2.05, 4.69) is 5.32 Å². The van der Waals surface area contributed by atoms with Gasteiger partial charge in [0.2, 0.25) is 0 Å². The summed E-state index contributed by atoms with van der Waals surface area (Å²) in [5.41, 5.74) is 1.04. The Morgan fingerprint density at radius 1 is 1.17 bits per heavy atom. The van der Waals surface area contributed by atoms with Crippen LogP contribution in [0.15, 0.2) is 42.5 Å². The molecule has 2 aromatic carbocycles. The number of esters is 1. The van der Waals surface area contributed by atoms with Crippen LogP contribution in [0.25, 0.3) is 0 Å². The maximum atomic E-state index is 12.1. The Morgan fingerprint density at radius 2 is 1.92 bits per heavy atom. The highest BCUT2D eigenvalue weighted by Gasteiger charge is 2.19. The summed E-state index contributed by atoms with van der Waals surface area (Å²) < 4.78 is 5.10. The van der Waals surface area contributed by atoms with Crippen molar-refractivity contribution in [3.8, 4) is 6.07 Å². The first-order valence-corrected chi connectivity index (χ1v) is 7.63. The Balaban J connectivity index is 2.01. The quantitative estimate of drug-likeness (QED) is 0.832. The lowest BCUT2D eigenvalue weighted by Gasteiger charge is -2.14. The van der Waals surface area contributed by atoms with E-state index < -0.39 is 18.0 Å². The lowest BCUT2D eigenvalue weighted by molar-refractivity contribution is -0.123. The average molecular weight is 363 g/mol. The highest BCUT2D eigenvalue weighted by Crippen LogP contribution is 2.23. The van der Waals surface area contributed by atoms with Gasteiger partial charge in [-0.15, -0.1) is 0 Å². The van der Waals surface area contributed by atoms with Crippen molar-refractivity contribution in [1.29, 1.82) is 5.26 Å². The summed E-state index contributed by atoms with van der Waals surface area (Å²) in [5.74, 6) is -1.21. The van der Waals surface area contributed by atoms with E-state index in [0.717, 1.165) is 0 Å². The molecule has 0 bridgehead atoms. The number of carbonyl (C=O) groups is 2. The van der Waals surface area contributed by atoms with E-state index in [1.54, 1.807) is 18.2 Å². The number of nitrogens with zero attached hydrogens (tertiary/aromatic N) is 1. The van der Waals surface area contributed by atoms with E-state index in [0.29, 0.717) is 16.3 Å². The van der Waals surface area contributed by atoms with Gasteiger partial charge in [0.15, 0.2) is 6.10 Å². The van der Waals surface area contributed by atoms with Crippen molar-refractivity contribution in [2.45, 2.75) is 13.0 Å². The van der Waals surface area contributed by atoms with Gasteiger partial charge in [0, 0.05) is 5.69 Å². The number of carbonyl (C=O) groups excluding carboxylic acids is 2. The van der Waals surface area contributed by atoms with Crippen LogP contribution in [0.1, 0.15) is 22.8 Å². The SMILES string of the molecule is C[C@@H](OC(=O)c1ccc(Cl)c(Cl)c1)C(=O)Nc1cccc(C#N)c1. The van der Waals surface area contributed by atoms with E-state index in [9.17, 15) is 9.59 Å². The summed E-state index contributed by atoms with van der Waals surface area (Å²) >= 11 is 11.6. The fourth-order valence-corrected chi connectivity index (χ4v) is 2.11. The van der Waals surface area contributed by atoms with Crippen LogP contribution in [-0.4, -0.2) is 18.0 Å². The molecule has 0 heterocycles. The fourth-order valence-electron chi connectivity index (χ4n) is 1.82. The molecule has 5 nitrogen and oxygen atoms in total.